The Morgan fingerprint density at radius 3 is 2.09 bits per heavy atom. The van der Waals surface area contributed by atoms with Crippen LogP contribution in [0.2, 0.25) is 0 Å². The molecule has 138 valence electrons. The zero-order valence-corrected chi connectivity index (χ0v) is 18.6. The Morgan fingerprint density at radius 1 is 1.09 bits per heavy atom. The molecule has 23 heavy (non-hydrogen) atoms. The highest BCUT2D eigenvalue weighted by Crippen LogP contribution is 2.10. The number of aliphatic imine (C=N–C) groups is 1. The highest BCUT2D eigenvalue weighted by Gasteiger charge is 2.18. The summed E-state index contributed by atoms with van der Waals surface area (Å²) in [4.78, 5) is 16.0. The normalized spacial score (nSPS) is 13.8. The van der Waals surface area contributed by atoms with Crippen molar-refractivity contribution < 1.29 is 9.00 Å². The highest BCUT2D eigenvalue weighted by atomic mass is 127. The molecule has 1 unspecified atom stereocenters. The molecule has 0 radical (unpaired) electrons. The van der Waals surface area contributed by atoms with E-state index in [1.54, 1.807) is 0 Å². The molecular weight excluding hydrogens is 427 g/mol. The summed E-state index contributed by atoms with van der Waals surface area (Å²) in [6.45, 7) is 14.9. The Labute approximate surface area is 160 Å². The Morgan fingerprint density at radius 2 is 1.65 bits per heavy atom. The van der Waals surface area contributed by atoms with Crippen molar-refractivity contribution in [1.29, 1.82) is 0 Å². The quantitative estimate of drug-likeness (QED) is 0.320. The molecule has 1 amide bonds. The van der Waals surface area contributed by atoms with Crippen LogP contribution in [0.25, 0.3) is 0 Å². The maximum absolute atomic E-state index is 12.0. The summed E-state index contributed by atoms with van der Waals surface area (Å²) >= 11 is 0. The molecule has 0 rings (SSSR count). The van der Waals surface area contributed by atoms with Crippen LogP contribution in [0.1, 0.15) is 48.5 Å². The second-order valence-electron chi connectivity index (χ2n) is 7.08. The van der Waals surface area contributed by atoms with Crippen LogP contribution in [0.15, 0.2) is 4.99 Å². The van der Waals surface area contributed by atoms with Gasteiger partial charge >= 0.3 is 0 Å². The summed E-state index contributed by atoms with van der Waals surface area (Å²) in [5.74, 6) is 0.989. The molecule has 0 heterocycles. The fourth-order valence-corrected chi connectivity index (χ4v) is 2.42. The van der Waals surface area contributed by atoms with Gasteiger partial charge in [0.2, 0.25) is 5.91 Å². The number of rotatable bonds is 6. The highest BCUT2D eigenvalue weighted by molar-refractivity contribution is 14.0. The van der Waals surface area contributed by atoms with Gasteiger partial charge in [0.15, 0.2) is 5.96 Å². The van der Waals surface area contributed by atoms with Crippen LogP contribution in [0, 0.1) is 0 Å². The molecular formula is C15H33IN4O2S. The molecule has 0 spiro atoms. The van der Waals surface area contributed by atoms with Crippen LogP contribution >= 0.6 is 24.0 Å². The van der Waals surface area contributed by atoms with Crippen LogP contribution in [-0.2, 0) is 15.6 Å². The molecule has 0 aliphatic rings. The van der Waals surface area contributed by atoms with E-state index in [0.29, 0.717) is 24.8 Å². The number of hydrogen-bond donors (Lipinski definition) is 3. The fourth-order valence-electron chi connectivity index (χ4n) is 1.52. The van der Waals surface area contributed by atoms with Crippen molar-refractivity contribution in [2.75, 3.05) is 25.4 Å². The molecule has 0 saturated heterocycles. The third-order valence-corrected chi connectivity index (χ3v) is 4.44. The summed E-state index contributed by atoms with van der Waals surface area (Å²) in [5.41, 5.74) is -0.262. The van der Waals surface area contributed by atoms with Crippen molar-refractivity contribution in [3.05, 3.63) is 0 Å². The van der Waals surface area contributed by atoms with E-state index in [4.69, 9.17) is 0 Å². The molecule has 1 atom stereocenters. The first-order valence-corrected chi connectivity index (χ1v) is 8.99. The third kappa shape index (κ3) is 13.7. The number of nitrogens with zero attached hydrogens (tertiary/aromatic N) is 1. The van der Waals surface area contributed by atoms with E-state index < -0.39 is 10.8 Å². The number of nitrogens with one attached hydrogen (secondary N) is 3. The van der Waals surface area contributed by atoms with Crippen LogP contribution in [0.4, 0.5) is 0 Å². The molecule has 0 aromatic rings. The van der Waals surface area contributed by atoms with Gasteiger partial charge in [-0.2, -0.15) is 0 Å². The molecule has 0 aromatic carbocycles. The van der Waals surface area contributed by atoms with E-state index in [0.717, 1.165) is 0 Å². The van der Waals surface area contributed by atoms with Crippen molar-refractivity contribution >= 4 is 46.6 Å². The van der Waals surface area contributed by atoms with Gasteiger partial charge in [-0.15, -0.1) is 24.0 Å². The largest absolute Gasteiger partial charge is 0.357 e. The average molecular weight is 460 g/mol. The first kappa shape index (κ1) is 24.9. The number of guanidine groups is 1. The van der Waals surface area contributed by atoms with E-state index in [1.165, 1.54) is 0 Å². The van der Waals surface area contributed by atoms with Gasteiger partial charge in [0.05, 0.1) is 0 Å². The van der Waals surface area contributed by atoms with Crippen molar-refractivity contribution in [3.8, 4) is 0 Å². The number of halogens is 1. The van der Waals surface area contributed by atoms with Crippen molar-refractivity contribution in [3.63, 3.8) is 0 Å². The SMILES string of the molecule is CCNC(=NCC(=O)NC(C)(C)C)NCCS(=O)C(C)(C)C.I. The topological polar surface area (TPSA) is 82.6 Å². The molecule has 6 nitrogen and oxygen atoms in total. The van der Waals surface area contributed by atoms with Crippen molar-refractivity contribution in [1.82, 2.24) is 16.0 Å². The molecule has 0 fully saturated rings. The zero-order chi connectivity index (χ0) is 17.4. The van der Waals surface area contributed by atoms with Crippen LogP contribution in [0.3, 0.4) is 0 Å². The van der Waals surface area contributed by atoms with Gasteiger partial charge in [-0.05, 0) is 48.5 Å². The van der Waals surface area contributed by atoms with Gasteiger partial charge in [-0.25, -0.2) is 4.99 Å². The molecule has 0 bridgehead atoms. The Balaban J connectivity index is 0. The third-order valence-electron chi connectivity index (χ3n) is 2.50. The van der Waals surface area contributed by atoms with E-state index in [2.05, 4.69) is 20.9 Å². The zero-order valence-electron chi connectivity index (χ0n) is 15.4. The van der Waals surface area contributed by atoms with E-state index >= 15 is 0 Å². The summed E-state index contributed by atoms with van der Waals surface area (Å²) in [6.07, 6.45) is 0. The minimum Gasteiger partial charge on any atom is -0.357 e. The first-order valence-electron chi connectivity index (χ1n) is 7.67. The average Bonchev–Trinajstić information content (AvgIpc) is 2.32. The predicted octanol–water partition coefficient (Wildman–Crippen LogP) is 1.62. The van der Waals surface area contributed by atoms with E-state index in [-0.39, 0.29) is 46.7 Å². The number of carbonyl (C=O) groups excluding carboxylic acids is 1. The number of carbonyl (C=O) groups is 1. The second kappa shape index (κ2) is 11.2. The molecule has 0 aromatic heterocycles. The second-order valence-corrected chi connectivity index (χ2v) is 9.41. The van der Waals surface area contributed by atoms with E-state index in [9.17, 15) is 9.00 Å². The number of hydrogen-bond acceptors (Lipinski definition) is 3. The Kier molecular flexibility index (Phi) is 12.1. The van der Waals surface area contributed by atoms with Crippen molar-refractivity contribution in [2.24, 2.45) is 4.99 Å². The molecule has 8 heteroatoms. The molecule has 0 aliphatic heterocycles. The van der Waals surface area contributed by atoms with Gasteiger partial charge in [-0.1, -0.05) is 0 Å². The smallest absolute Gasteiger partial charge is 0.242 e. The number of amides is 1. The molecule has 3 N–H and O–H groups in total. The maximum atomic E-state index is 12.0. The lowest BCUT2D eigenvalue weighted by Crippen LogP contribution is -2.44. The van der Waals surface area contributed by atoms with Gasteiger partial charge in [0.25, 0.3) is 0 Å². The van der Waals surface area contributed by atoms with Crippen LogP contribution in [0.5, 0.6) is 0 Å². The Bertz CT molecular complexity index is 415. The van der Waals surface area contributed by atoms with Gasteiger partial charge in [-0.3, -0.25) is 9.00 Å². The standard InChI is InChI=1S/C15H32N4O2S.HI/c1-8-16-13(17-9-10-22(21)15(5,6)7)18-11-12(20)19-14(2,3)4;/h8-11H2,1-7H3,(H,19,20)(H2,16,17,18);1H. The summed E-state index contributed by atoms with van der Waals surface area (Å²) in [6, 6.07) is 0. The minimum absolute atomic E-state index is 0. The van der Waals surface area contributed by atoms with Gasteiger partial charge in [0, 0.05) is 39.9 Å². The lowest BCUT2D eigenvalue weighted by molar-refractivity contribution is -0.121. The van der Waals surface area contributed by atoms with Gasteiger partial charge < -0.3 is 16.0 Å². The predicted molar refractivity (Wildman–Crippen MR) is 110 cm³/mol. The van der Waals surface area contributed by atoms with Crippen LogP contribution < -0.4 is 16.0 Å². The monoisotopic (exact) mass is 460 g/mol. The Hall–Kier alpha value is -0.380. The van der Waals surface area contributed by atoms with E-state index in [1.807, 2.05) is 48.5 Å². The lowest BCUT2D eigenvalue weighted by Gasteiger charge is -2.20. The summed E-state index contributed by atoms with van der Waals surface area (Å²) in [5, 5.41) is 9.04. The maximum Gasteiger partial charge on any atom is 0.242 e. The fraction of sp³-hybridized carbons (Fsp3) is 0.867. The first-order chi connectivity index (χ1) is 9.95. The van der Waals surface area contributed by atoms with Crippen molar-refractivity contribution in [2.45, 2.75) is 58.8 Å². The summed E-state index contributed by atoms with van der Waals surface area (Å²) < 4.78 is 11.8. The van der Waals surface area contributed by atoms with Crippen LogP contribution in [-0.4, -0.2) is 51.7 Å². The lowest BCUT2D eigenvalue weighted by atomic mass is 10.1. The molecule has 0 saturated carbocycles. The summed E-state index contributed by atoms with van der Waals surface area (Å²) in [7, 11) is -0.908. The minimum atomic E-state index is -0.908. The molecule has 0 aliphatic carbocycles. The van der Waals surface area contributed by atoms with Gasteiger partial charge in [0.1, 0.15) is 6.54 Å².